The zero-order valence-corrected chi connectivity index (χ0v) is 18.2. The van der Waals surface area contributed by atoms with Gasteiger partial charge in [-0.05, 0) is 50.0 Å². The molecule has 0 aliphatic carbocycles. The van der Waals surface area contributed by atoms with Crippen molar-refractivity contribution in [3.63, 3.8) is 0 Å². The molecule has 2 heterocycles. The normalized spacial score (nSPS) is 23.7. The summed E-state index contributed by atoms with van der Waals surface area (Å²) in [6, 6.07) is 8.94. The molecule has 1 amide bonds. The van der Waals surface area contributed by atoms with Crippen molar-refractivity contribution in [2.75, 3.05) is 46.9 Å². The van der Waals surface area contributed by atoms with E-state index in [1.807, 2.05) is 12.1 Å². The van der Waals surface area contributed by atoms with Crippen molar-refractivity contribution >= 4 is 30.1 Å². The number of hydrogen-bond acceptors (Lipinski definition) is 5. The number of rotatable bonds is 5. The lowest BCUT2D eigenvalue weighted by Gasteiger charge is -2.45. The summed E-state index contributed by atoms with van der Waals surface area (Å²) in [4.78, 5) is 15.7. The van der Waals surface area contributed by atoms with Crippen LogP contribution in [0.2, 0.25) is 5.02 Å². The number of hydrogen-bond donors (Lipinski definition) is 1. The van der Waals surface area contributed by atoms with Gasteiger partial charge >= 0.3 is 6.09 Å². The van der Waals surface area contributed by atoms with Crippen LogP contribution in [0.4, 0.5) is 4.79 Å². The molecular formula is C20H31Cl2N3O3. The molecule has 0 spiro atoms. The van der Waals surface area contributed by atoms with Crippen LogP contribution >= 0.6 is 24.0 Å². The molecule has 1 aromatic rings. The summed E-state index contributed by atoms with van der Waals surface area (Å²) >= 11 is 6.02. The average Bonchev–Trinajstić information content (AvgIpc) is 2.69. The summed E-state index contributed by atoms with van der Waals surface area (Å²) in [6.45, 7) is 3.85. The molecule has 2 saturated heterocycles. The Morgan fingerprint density at radius 1 is 1.29 bits per heavy atom. The number of nitrogens with zero attached hydrogens (tertiary/aromatic N) is 2. The Bertz CT molecular complexity index is 609. The van der Waals surface area contributed by atoms with Crippen LogP contribution in [0.15, 0.2) is 24.3 Å². The zero-order chi connectivity index (χ0) is 19.2. The lowest BCUT2D eigenvalue weighted by molar-refractivity contribution is -0.101. The van der Waals surface area contributed by atoms with Gasteiger partial charge in [-0.2, -0.15) is 0 Å². The summed E-state index contributed by atoms with van der Waals surface area (Å²) in [6.07, 6.45) is 2.81. The van der Waals surface area contributed by atoms with Crippen LogP contribution in [0, 0.1) is 0 Å². The van der Waals surface area contributed by atoms with Gasteiger partial charge in [0.15, 0.2) is 0 Å². The number of halogens is 2. The highest BCUT2D eigenvalue weighted by Gasteiger charge is 2.34. The first-order valence-electron chi connectivity index (χ1n) is 9.69. The minimum atomic E-state index is -0.324. The highest BCUT2D eigenvalue weighted by molar-refractivity contribution is 6.30. The van der Waals surface area contributed by atoms with Gasteiger partial charge in [-0.25, -0.2) is 4.79 Å². The quantitative estimate of drug-likeness (QED) is 0.776. The van der Waals surface area contributed by atoms with Gasteiger partial charge in [-0.3, -0.25) is 4.90 Å². The van der Waals surface area contributed by atoms with E-state index in [-0.39, 0.29) is 24.6 Å². The number of benzene rings is 1. The first kappa shape index (κ1) is 23.2. The molecule has 0 aromatic heterocycles. The van der Waals surface area contributed by atoms with Gasteiger partial charge in [0.1, 0.15) is 12.7 Å². The van der Waals surface area contributed by atoms with Crippen LogP contribution < -0.4 is 5.32 Å². The molecule has 8 heteroatoms. The maximum Gasteiger partial charge on any atom is 0.409 e. The molecule has 28 heavy (non-hydrogen) atoms. The molecule has 0 radical (unpaired) electrons. The van der Waals surface area contributed by atoms with Crippen molar-refractivity contribution in [3.8, 4) is 0 Å². The van der Waals surface area contributed by atoms with Gasteiger partial charge in [-0.1, -0.05) is 23.7 Å². The third kappa shape index (κ3) is 6.49. The third-order valence-electron chi connectivity index (χ3n) is 5.33. The van der Waals surface area contributed by atoms with E-state index in [1.165, 1.54) is 10.5 Å². The Morgan fingerprint density at radius 2 is 1.96 bits per heavy atom. The van der Waals surface area contributed by atoms with E-state index >= 15 is 0 Å². The fourth-order valence-electron chi connectivity index (χ4n) is 3.83. The predicted molar refractivity (Wildman–Crippen MR) is 114 cm³/mol. The number of piperidine rings is 1. The molecule has 1 aromatic carbocycles. The monoisotopic (exact) mass is 431 g/mol. The van der Waals surface area contributed by atoms with E-state index in [0.29, 0.717) is 25.3 Å². The molecule has 158 valence electrons. The lowest BCUT2D eigenvalue weighted by Crippen LogP contribution is -2.57. The first-order valence-corrected chi connectivity index (χ1v) is 10.1. The second-order valence-electron chi connectivity index (χ2n) is 7.59. The Hall–Kier alpha value is -1.05. The maximum atomic E-state index is 11.7. The highest BCUT2D eigenvalue weighted by Crippen LogP contribution is 2.24. The molecule has 2 atom stereocenters. The van der Waals surface area contributed by atoms with Crippen LogP contribution in [0.1, 0.15) is 18.4 Å². The van der Waals surface area contributed by atoms with Gasteiger partial charge in [0, 0.05) is 37.7 Å². The van der Waals surface area contributed by atoms with Crippen molar-refractivity contribution in [2.24, 2.45) is 0 Å². The molecular weight excluding hydrogens is 401 g/mol. The number of ether oxygens (including phenoxy) is 2. The zero-order valence-electron chi connectivity index (χ0n) is 16.6. The second kappa shape index (κ2) is 11.2. The number of morpholine rings is 1. The Morgan fingerprint density at radius 3 is 2.61 bits per heavy atom. The lowest BCUT2D eigenvalue weighted by atomic mass is 9.97. The third-order valence-corrected chi connectivity index (χ3v) is 5.58. The molecule has 0 saturated carbocycles. The molecule has 0 unspecified atom stereocenters. The fraction of sp³-hybridized carbons (Fsp3) is 0.650. The fourth-order valence-corrected chi connectivity index (χ4v) is 3.95. The molecule has 2 fully saturated rings. The highest BCUT2D eigenvalue weighted by atomic mass is 35.5. The van der Waals surface area contributed by atoms with Crippen LogP contribution in [-0.4, -0.2) is 81.0 Å². The smallest absolute Gasteiger partial charge is 0.409 e. The van der Waals surface area contributed by atoms with Gasteiger partial charge in [0.2, 0.25) is 0 Å². The van der Waals surface area contributed by atoms with Crippen molar-refractivity contribution < 1.29 is 14.3 Å². The molecule has 6 nitrogen and oxygen atoms in total. The molecule has 0 bridgehead atoms. The molecule has 3 rings (SSSR count). The largest absolute Gasteiger partial charge is 0.447 e. The van der Waals surface area contributed by atoms with E-state index in [4.69, 9.17) is 21.1 Å². The molecule has 1 N–H and O–H groups in total. The average molecular weight is 432 g/mol. The van der Waals surface area contributed by atoms with E-state index < -0.39 is 0 Å². The van der Waals surface area contributed by atoms with Gasteiger partial charge in [0.25, 0.3) is 0 Å². The molecule has 2 aliphatic rings. The maximum absolute atomic E-state index is 11.7. The second-order valence-corrected chi connectivity index (χ2v) is 8.03. The molecule has 2 aliphatic heterocycles. The SMILES string of the molecule is CN(C)C(=O)OC[C@H]1CN(C2CCNCC2)[C@@H](Cc2ccc(Cl)cc2)CO1.Cl. The van der Waals surface area contributed by atoms with Gasteiger partial charge < -0.3 is 19.7 Å². The summed E-state index contributed by atoms with van der Waals surface area (Å²) < 4.78 is 11.4. The van der Waals surface area contributed by atoms with Crippen molar-refractivity contribution in [3.05, 3.63) is 34.9 Å². The van der Waals surface area contributed by atoms with Crippen molar-refractivity contribution in [2.45, 2.75) is 37.5 Å². The number of carbonyl (C=O) groups excluding carboxylic acids is 1. The van der Waals surface area contributed by atoms with E-state index in [2.05, 4.69) is 22.3 Å². The topological polar surface area (TPSA) is 54.0 Å². The van der Waals surface area contributed by atoms with Crippen LogP contribution in [0.25, 0.3) is 0 Å². The minimum Gasteiger partial charge on any atom is -0.447 e. The number of carbonyl (C=O) groups is 1. The van der Waals surface area contributed by atoms with Gasteiger partial charge in [0.05, 0.1) is 6.61 Å². The van der Waals surface area contributed by atoms with Crippen molar-refractivity contribution in [1.29, 1.82) is 0 Å². The van der Waals surface area contributed by atoms with Crippen LogP contribution in [0.5, 0.6) is 0 Å². The summed E-state index contributed by atoms with van der Waals surface area (Å²) in [7, 11) is 3.38. The number of amides is 1. The Balaban J connectivity index is 0.00000280. The van der Waals surface area contributed by atoms with E-state index in [0.717, 1.165) is 43.9 Å². The predicted octanol–water partition coefficient (Wildman–Crippen LogP) is 2.82. The van der Waals surface area contributed by atoms with Gasteiger partial charge in [-0.15, -0.1) is 12.4 Å². The van der Waals surface area contributed by atoms with Crippen molar-refractivity contribution in [1.82, 2.24) is 15.1 Å². The van der Waals surface area contributed by atoms with Crippen LogP contribution in [0.3, 0.4) is 0 Å². The summed E-state index contributed by atoms with van der Waals surface area (Å²) in [5.41, 5.74) is 1.27. The van der Waals surface area contributed by atoms with E-state index in [1.54, 1.807) is 14.1 Å². The summed E-state index contributed by atoms with van der Waals surface area (Å²) in [5, 5.41) is 4.20. The van der Waals surface area contributed by atoms with Crippen LogP contribution in [-0.2, 0) is 15.9 Å². The van der Waals surface area contributed by atoms with E-state index in [9.17, 15) is 4.79 Å². The first-order chi connectivity index (χ1) is 13.0. The number of nitrogens with one attached hydrogen (secondary N) is 1. The summed E-state index contributed by atoms with van der Waals surface area (Å²) in [5.74, 6) is 0. The minimum absolute atomic E-state index is 0. The Kier molecular flexibility index (Phi) is 9.31. The standard InChI is InChI=1S/C20H30ClN3O3.ClH/c1-23(2)20(25)27-14-19-12-24(17-7-9-22-10-8-17)18(13-26-19)11-15-3-5-16(21)6-4-15;/h3-6,17-19,22H,7-14H2,1-2H3;1H/t18-,19+;/m0./s1. The Labute approximate surface area is 178 Å².